The Morgan fingerprint density at radius 2 is 1.93 bits per heavy atom. The van der Waals surface area contributed by atoms with Crippen molar-refractivity contribution >= 4 is 17.4 Å². The average Bonchev–Trinajstić information content (AvgIpc) is 3.20. The zero-order valence-corrected chi connectivity index (χ0v) is 17.5. The predicted molar refractivity (Wildman–Crippen MR) is 116 cm³/mol. The molecule has 0 spiro atoms. The maximum absolute atomic E-state index is 13.7. The fraction of sp³-hybridized carbons (Fsp3) is 0.500. The molecule has 2 aromatic rings. The minimum atomic E-state index is -0.606. The minimum absolute atomic E-state index is 0.0674. The molecule has 0 aliphatic heterocycles. The summed E-state index contributed by atoms with van der Waals surface area (Å²) in [6, 6.07) is 5.60. The summed E-state index contributed by atoms with van der Waals surface area (Å²) >= 11 is 0. The van der Waals surface area contributed by atoms with Crippen molar-refractivity contribution in [3.8, 4) is 0 Å². The van der Waals surface area contributed by atoms with E-state index >= 15 is 0 Å². The lowest BCUT2D eigenvalue weighted by Crippen LogP contribution is -2.45. The van der Waals surface area contributed by atoms with Gasteiger partial charge >= 0.3 is 5.69 Å². The zero-order valence-electron chi connectivity index (χ0n) is 17.5. The summed E-state index contributed by atoms with van der Waals surface area (Å²) in [7, 11) is 0. The second-order valence-electron chi connectivity index (χ2n) is 7.93. The number of rotatable bonds is 6. The highest BCUT2D eigenvalue weighted by Gasteiger charge is 2.33. The predicted octanol–water partition coefficient (Wildman–Crippen LogP) is 3.13. The Hall–Kier alpha value is -2.83. The highest BCUT2D eigenvalue weighted by molar-refractivity contribution is 6.08. The number of nitrogen functional groups attached to an aromatic ring is 1. The van der Waals surface area contributed by atoms with Gasteiger partial charge in [0.2, 0.25) is 0 Å². The van der Waals surface area contributed by atoms with Gasteiger partial charge < -0.3 is 5.73 Å². The summed E-state index contributed by atoms with van der Waals surface area (Å²) < 4.78 is 1.37. The van der Waals surface area contributed by atoms with E-state index in [1.165, 1.54) is 4.57 Å². The summed E-state index contributed by atoms with van der Waals surface area (Å²) in [6.45, 7) is 6.24. The van der Waals surface area contributed by atoms with Crippen LogP contribution in [0.2, 0.25) is 0 Å². The van der Waals surface area contributed by atoms with E-state index in [1.54, 1.807) is 4.90 Å². The van der Waals surface area contributed by atoms with Crippen LogP contribution in [-0.4, -0.2) is 21.5 Å². The maximum atomic E-state index is 13.7. The summed E-state index contributed by atoms with van der Waals surface area (Å²) in [6.07, 6.45) is 5.24. The van der Waals surface area contributed by atoms with Crippen LogP contribution < -0.4 is 21.9 Å². The van der Waals surface area contributed by atoms with E-state index in [-0.39, 0.29) is 23.5 Å². The monoisotopic (exact) mass is 398 g/mol. The number of amides is 1. The SMILES string of the molecule is CCCCn1c(N)c(N(C(=O)c2cc(C)ccc2C)C2CCCC2)c(=O)[nH]c1=O. The van der Waals surface area contributed by atoms with Crippen LogP contribution in [0.15, 0.2) is 27.8 Å². The molecular weight excluding hydrogens is 368 g/mol. The van der Waals surface area contributed by atoms with Gasteiger partial charge in [0.05, 0.1) is 0 Å². The number of carbonyl (C=O) groups is 1. The van der Waals surface area contributed by atoms with Crippen molar-refractivity contribution in [2.24, 2.45) is 0 Å². The van der Waals surface area contributed by atoms with Crippen molar-refractivity contribution < 1.29 is 4.79 Å². The fourth-order valence-electron chi connectivity index (χ4n) is 4.06. The number of aryl methyl sites for hydroxylation is 2. The lowest BCUT2D eigenvalue weighted by Gasteiger charge is -2.30. The van der Waals surface area contributed by atoms with Crippen LogP contribution in [0, 0.1) is 13.8 Å². The van der Waals surface area contributed by atoms with Crippen molar-refractivity contribution in [1.82, 2.24) is 9.55 Å². The van der Waals surface area contributed by atoms with Crippen molar-refractivity contribution in [1.29, 1.82) is 0 Å². The first kappa shape index (κ1) is 20.9. The van der Waals surface area contributed by atoms with Gasteiger partial charge in [0, 0.05) is 18.2 Å². The third kappa shape index (κ3) is 4.13. The number of benzene rings is 1. The van der Waals surface area contributed by atoms with Crippen LogP contribution in [0.3, 0.4) is 0 Å². The molecule has 1 fully saturated rings. The normalized spacial score (nSPS) is 14.3. The Morgan fingerprint density at radius 3 is 2.59 bits per heavy atom. The summed E-state index contributed by atoms with van der Waals surface area (Å²) in [5, 5.41) is 0. The van der Waals surface area contributed by atoms with E-state index < -0.39 is 11.2 Å². The second-order valence-corrected chi connectivity index (χ2v) is 7.93. The summed E-state index contributed by atoms with van der Waals surface area (Å²) in [5.41, 5.74) is 7.66. The van der Waals surface area contributed by atoms with Crippen LogP contribution >= 0.6 is 0 Å². The number of nitrogens with one attached hydrogen (secondary N) is 1. The zero-order chi connectivity index (χ0) is 21.1. The molecule has 1 amide bonds. The van der Waals surface area contributed by atoms with Gasteiger partial charge in [-0.25, -0.2) is 4.79 Å². The molecule has 29 heavy (non-hydrogen) atoms. The molecule has 0 unspecified atom stereocenters. The molecule has 7 nitrogen and oxygen atoms in total. The Bertz CT molecular complexity index is 1020. The number of nitrogens with two attached hydrogens (primary N) is 1. The van der Waals surface area contributed by atoms with E-state index in [0.29, 0.717) is 12.1 Å². The molecule has 7 heteroatoms. The summed E-state index contributed by atoms with van der Waals surface area (Å²) in [5.74, 6) is -0.172. The third-order valence-electron chi connectivity index (χ3n) is 5.72. The molecule has 0 saturated heterocycles. The molecule has 3 N–H and O–H groups in total. The molecule has 3 rings (SSSR count). The van der Waals surface area contributed by atoms with Gasteiger partial charge in [-0.15, -0.1) is 0 Å². The number of hydrogen-bond acceptors (Lipinski definition) is 4. The van der Waals surface area contributed by atoms with Crippen LogP contribution in [-0.2, 0) is 6.54 Å². The molecule has 0 radical (unpaired) electrons. The molecule has 0 bridgehead atoms. The molecule has 1 saturated carbocycles. The summed E-state index contributed by atoms with van der Waals surface area (Å²) in [4.78, 5) is 42.7. The van der Waals surface area contributed by atoms with Crippen molar-refractivity contribution in [3.05, 3.63) is 55.7 Å². The van der Waals surface area contributed by atoms with Gasteiger partial charge in [0.15, 0.2) is 5.69 Å². The molecule has 0 atom stereocenters. The van der Waals surface area contributed by atoms with Crippen molar-refractivity contribution in [2.75, 3.05) is 10.6 Å². The number of aromatic amines is 1. The lowest BCUT2D eigenvalue weighted by molar-refractivity contribution is 0.0976. The number of aromatic nitrogens is 2. The lowest BCUT2D eigenvalue weighted by atomic mass is 10.0. The molecule has 156 valence electrons. The molecule has 1 aliphatic carbocycles. The maximum Gasteiger partial charge on any atom is 0.330 e. The largest absolute Gasteiger partial charge is 0.383 e. The van der Waals surface area contributed by atoms with E-state index in [0.717, 1.165) is 49.7 Å². The van der Waals surface area contributed by atoms with Crippen LogP contribution in [0.1, 0.15) is 66.9 Å². The van der Waals surface area contributed by atoms with Crippen LogP contribution in [0.4, 0.5) is 11.5 Å². The molecule has 1 aromatic heterocycles. The number of anilines is 2. The number of nitrogens with zero attached hydrogens (tertiary/aromatic N) is 2. The van der Waals surface area contributed by atoms with Gasteiger partial charge in [-0.05, 0) is 44.7 Å². The van der Waals surface area contributed by atoms with Gasteiger partial charge in [-0.2, -0.15) is 0 Å². The Labute approximate surface area is 170 Å². The third-order valence-corrected chi connectivity index (χ3v) is 5.72. The van der Waals surface area contributed by atoms with E-state index in [1.807, 2.05) is 39.0 Å². The Kier molecular flexibility index (Phi) is 6.25. The van der Waals surface area contributed by atoms with Gasteiger partial charge in [-0.1, -0.05) is 43.9 Å². The Morgan fingerprint density at radius 1 is 1.24 bits per heavy atom. The van der Waals surface area contributed by atoms with Crippen LogP contribution in [0.25, 0.3) is 0 Å². The molecular formula is C22H30N4O3. The first-order valence-corrected chi connectivity index (χ1v) is 10.4. The first-order chi connectivity index (χ1) is 13.8. The minimum Gasteiger partial charge on any atom is -0.383 e. The number of carbonyl (C=O) groups excluding carboxylic acids is 1. The van der Waals surface area contributed by atoms with Gasteiger partial charge in [-0.3, -0.25) is 24.0 Å². The van der Waals surface area contributed by atoms with Crippen molar-refractivity contribution in [3.63, 3.8) is 0 Å². The fourth-order valence-corrected chi connectivity index (χ4v) is 4.06. The topological polar surface area (TPSA) is 101 Å². The Balaban J connectivity index is 2.18. The second kappa shape index (κ2) is 8.68. The van der Waals surface area contributed by atoms with E-state index in [2.05, 4.69) is 4.98 Å². The molecule has 1 aliphatic rings. The highest BCUT2D eigenvalue weighted by atomic mass is 16.2. The quantitative estimate of drug-likeness (QED) is 0.780. The van der Waals surface area contributed by atoms with Crippen molar-refractivity contribution in [2.45, 2.75) is 71.9 Å². The standard InChI is InChI=1S/C22H30N4O3/c1-4-5-12-25-19(23)18(20(27)24-22(25)29)26(16-8-6-7-9-16)21(28)17-13-14(2)10-11-15(17)3/h10-11,13,16H,4-9,12,23H2,1-3H3,(H,24,27,29). The molecule has 1 aromatic carbocycles. The first-order valence-electron chi connectivity index (χ1n) is 10.4. The highest BCUT2D eigenvalue weighted by Crippen LogP contribution is 2.31. The number of H-pyrrole nitrogens is 1. The molecule has 1 heterocycles. The smallest absolute Gasteiger partial charge is 0.330 e. The van der Waals surface area contributed by atoms with Gasteiger partial charge in [0.1, 0.15) is 5.82 Å². The van der Waals surface area contributed by atoms with E-state index in [9.17, 15) is 14.4 Å². The van der Waals surface area contributed by atoms with Gasteiger partial charge in [0.25, 0.3) is 11.5 Å². The average molecular weight is 399 g/mol. The number of hydrogen-bond donors (Lipinski definition) is 2. The van der Waals surface area contributed by atoms with E-state index in [4.69, 9.17) is 5.73 Å². The number of unbranched alkanes of at least 4 members (excludes halogenated alkanes) is 1. The van der Waals surface area contributed by atoms with Crippen LogP contribution in [0.5, 0.6) is 0 Å².